The molecule has 7 nitrogen and oxygen atoms in total. The number of hydrogen-bond donors (Lipinski definition) is 2. The average Bonchev–Trinajstić information content (AvgIpc) is 2.83. The van der Waals surface area contributed by atoms with E-state index in [9.17, 15) is 14.0 Å². The van der Waals surface area contributed by atoms with E-state index in [-0.39, 0.29) is 30.7 Å². The molecule has 8 heteroatoms. The summed E-state index contributed by atoms with van der Waals surface area (Å²) in [6, 6.07) is 11.5. The van der Waals surface area contributed by atoms with Gasteiger partial charge >= 0.3 is 0 Å². The predicted octanol–water partition coefficient (Wildman–Crippen LogP) is 3.24. The van der Waals surface area contributed by atoms with Gasteiger partial charge in [-0.15, -0.1) is 0 Å². The molecule has 1 heterocycles. The molecule has 2 aromatic rings. The number of carbonyl (C=O) groups is 2. The van der Waals surface area contributed by atoms with Gasteiger partial charge in [0.25, 0.3) is 0 Å². The van der Waals surface area contributed by atoms with Crippen molar-refractivity contribution in [3.8, 4) is 11.5 Å². The minimum Gasteiger partial charge on any atom is -0.497 e. The van der Waals surface area contributed by atoms with Crippen LogP contribution in [-0.2, 0) is 16.0 Å². The van der Waals surface area contributed by atoms with E-state index in [0.717, 1.165) is 50.3 Å². The molecular formula is C25H32FN3O4. The summed E-state index contributed by atoms with van der Waals surface area (Å²) in [5.41, 5.74) is 1.69. The quantitative estimate of drug-likeness (QED) is 0.573. The van der Waals surface area contributed by atoms with Crippen molar-refractivity contribution in [2.24, 2.45) is 5.92 Å². The standard InChI is InChI=1S/C25H32FN3O4/c1-32-22-13-19(14-23(15-22)33-2)4-3-18-9-11-29(12-10-18)17-25(31)27-16-24(30)28-21-7-5-20(26)6-8-21/h5-8,13-15,18H,3-4,9-12,16-17H2,1-2H3,(H,27,31)(H,28,30). The molecule has 1 aliphatic heterocycles. The van der Waals surface area contributed by atoms with Crippen LogP contribution in [0.5, 0.6) is 11.5 Å². The monoisotopic (exact) mass is 457 g/mol. The molecule has 0 spiro atoms. The molecule has 0 bridgehead atoms. The first-order chi connectivity index (χ1) is 15.9. The number of aryl methyl sites for hydroxylation is 1. The van der Waals surface area contributed by atoms with Crippen LogP contribution in [0.15, 0.2) is 42.5 Å². The van der Waals surface area contributed by atoms with Gasteiger partial charge in [-0.2, -0.15) is 0 Å². The highest BCUT2D eigenvalue weighted by Gasteiger charge is 2.21. The summed E-state index contributed by atoms with van der Waals surface area (Å²) >= 11 is 0. The Morgan fingerprint density at radius 1 is 1.00 bits per heavy atom. The summed E-state index contributed by atoms with van der Waals surface area (Å²) in [5.74, 6) is 1.33. The van der Waals surface area contributed by atoms with Gasteiger partial charge in [-0.25, -0.2) is 4.39 Å². The minimum absolute atomic E-state index is 0.114. The highest BCUT2D eigenvalue weighted by Crippen LogP contribution is 2.26. The predicted molar refractivity (Wildman–Crippen MR) is 125 cm³/mol. The second kappa shape index (κ2) is 12.2. The molecule has 178 valence electrons. The average molecular weight is 458 g/mol. The first-order valence-corrected chi connectivity index (χ1v) is 11.2. The molecule has 0 aromatic heterocycles. The van der Waals surface area contributed by atoms with Crippen molar-refractivity contribution < 1.29 is 23.5 Å². The fourth-order valence-electron chi connectivity index (χ4n) is 3.99. The number of benzene rings is 2. The van der Waals surface area contributed by atoms with Crippen LogP contribution in [0.3, 0.4) is 0 Å². The third-order valence-corrected chi connectivity index (χ3v) is 5.90. The molecule has 2 N–H and O–H groups in total. The van der Waals surface area contributed by atoms with E-state index in [2.05, 4.69) is 15.5 Å². The molecule has 1 fully saturated rings. The van der Waals surface area contributed by atoms with Gasteiger partial charge in [-0.1, -0.05) is 0 Å². The van der Waals surface area contributed by atoms with Gasteiger partial charge in [0.15, 0.2) is 0 Å². The molecule has 0 saturated carbocycles. The zero-order valence-electron chi connectivity index (χ0n) is 19.2. The van der Waals surface area contributed by atoms with E-state index in [1.54, 1.807) is 14.2 Å². The molecule has 1 saturated heterocycles. The number of nitrogens with one attached hydrogen (secondary N) is 2. The second-order valence-corrected chi connectivity index (χ2v) is 8.31. The molecule has 33 heavy (non-hydrogen) atoms. The van der Waals surface area contributed by atoms with Gasteiger partial charge in [0.1, 0.15) is 17.3 Å². The van der Waals surface area contributed by atoms with E-state index in [1.807, 2.05) is 18.2 Å². The van der Waals surface area contributed by atoms with Crippen LogP contribution < -0.4 is 20.1 Å². The summed E-state index contributed by atoms with van der Waals surface area (Å²) < 4.78 is 23.6. The molecular weight excluding hydrogens is 425 g/mol. The fourth-order valence-corrected chi connectivity index (χ4v) is 3.99. The van der Waals surface area contributed by atoms with Gasteiger partial charge < -0.3 is 20.1 Å². The zero-order chi connectivity index (χ0) is 23.6. The molecule has 0 atom stereocenters. The smallest absolute Gasteiger partial charge is 0.243 e. The van der Waals surface area contributed by atoms with Crippen LogP contribution >= 0.6 is 0 Å². The Bertz CT molecular complexity index is 905. The van der Waals surface area contributed by atoms with Crippen molar-refractivity contribution >= 4 is 17.5 Å². The topological polar surface area (TPSA) is 79.9 Å². The normalized spacial score (nSPS) is 14.5. The van der Waals surface area contributed by atoms with E-state index in [1.165, 1.54) is 29.8 Å². The van der Waals surface area contributed by atoms with Crippen LogP contribution in [0.25, 0.3) is 0 Å². The maximum absolute atomic E-state index is 12.9. The lowest BCUT2D eigenvalue weighted by molar-refractivity contribution is -0.125. The van der Waals surface area contributed by atoms with Crippen LogP contribution in [0.4, 0.5) is 10.1 Å². The SMILES string of the molecule is COc1cc(CCC2CCN(CC(=O)NCC(=O)Nc3ccc(F)cc3)CC2)cc(OC)c1. The maximum Gasteiger partial charge on any atom is 0.243 e. The number of carbonyl (C=O) groups excluding carboxylic acids is 2. The second-order valence-electron chi connectivity index (χ2n) is 8.31. The van der Waals surface area contributed by atoms with Crippen LogP contribution in [0.1, 0.15) is 24.8 Å². The Hall–Kier alpha value is -3.13. The highest BCUT2D eigenvalue weighted by atomic mass is 19.1. The highest BCUT2D eigenvalue weighted by molar-refractivity contribution is 5.94. The Balaban J connectivity index is 1.34. The van der Waals surface area contributed by atoms with Gasteiger partial charge in [-0.05, 0) is 86.7 Å². The van der Waals surface area contributed by atoms with E-state index >= 15 is 0 Å². The molecule has 0 aliphatic carbocycles. The molecule has 0 radical (unpaired) electrons. The molecule has 2 amide bonds. The Morgan fingerprint density at radius 2 is 1.64 bits per heavy atom. The van der Waals surface area contributed by atoms with Gasteiger partial charge in [-0.3, -0.25) is 14.5 Å². The van der Waals surface area contributed by atoms with Gasteiger partial charge in [0, 0.05) is 11.8 Å². The van der Waals surface area contributed by atoms with E-state index < -0.39 is 0 Å². The number of piperidine rings is 1. The van der Waals surface area contributed by atoms with Crippen LogP contribution in [0, 0.1) is 11.7 Å². The summed E-state index contributed by atoms with van der Waals surface area (Å²) in [4.78, 5) is 26.3. The lowest BCUT2D eigenvalue weighted by Crippen LogP contribution is -2.43. The first kappa shape index (κ1) is 24.5. The van der Waals surface area contributed by atoms with E-state index in [4.69, 9.17) is 9.47 Å². The zero-order valence-corrected chi connectivity index (χ0v) is 19.2. The molecule has 3 rings (SSSR count). The Labute approximate surface area is 194 Å². The largest absolute Gasteiger partial charge is 0.497 e. The maximum atomic E-state index is 12.9. The third kappa shape index (κ3) is 8.05. The van der Waals surface area contributed by atoms with Crippen molar-refractivity contribution in [1.29, 1.82) is 0 Å². The van der Waals surface area contributed by atoms with E-state index in [0.29, 0.717) is 11.6 Å². The number of hydrogen-bond acceptors (Lipinski definition) is 5. The fraction of sp³-hybridized carbons (Fsp3) is 0.440. The summed E-state index contributed by atoms with van der Waals surface area (Å²) in [7, 11) is 3.31. The first-order valence-electron chi connectivity index (χ1n) is 11.2. The number of nitrogens with zero attached hydrogens (tertiary/aromatic N) is 1. The third-order valence-electron chi connectivity index (χ3n) is 5.90. The molecule has 2 aromatic carbocycles. The van der Waals surface area contributed by atoms with Crippen molar-refractivity contribution in [2.75, 3.05) is 45.7 Å². The van der Waals surface area contributed by atoms with Crippen molar-refractivity contribution in [3.63, 3.8) is 0 Å². The Kier molecular flexibility index (Phi) is 9.06. The van der Waals surface area contributed by atoms with Crippen LogP contribution in [0.2, 0.25) is 0 Å². The van der Waals surface area contributed by atoms with Crippen molar-refractivity contribution in [1.82, 2.24) is 10.2 Å². The molecule has 0 unspecified atom stereocenters. The van der Waals surface area contributed by atoms with Crippen LogP contribution in [-0.4, -0.2) is 57.1 Å². The number of likely N-dealkylation sites (tertiary alicyclic amines) is 1. The number of anilines is 1. The number of halogens is 1. The minimum atomic E-state index is -0.370. The summed E-state index contributed by atoms with van der Waals surface area (Å²) in [5, 5.41) is 5.28. The number of methoxy groups -OCH3 is 2. The lowest BCUT2D eigenvalue weighted by Gasteiger charge is -2.31. The van der Waals surface area contributed by atoms with Crippen molar-refractivity contribution in [3.05, 3.63) is 53.8 Å². The van der Waals surface area contributed by atoms with Gasteiger partial charge in [0.05, 0.1) is 27.3 Å². The Morgan fingerprint density at radius 3 is 2.24 bits per heavy atom. The molecule has 1 aliphatic rings. The number of amides is 2. The summed E-state index contributed by atoms with van der Waals surface area (Å²) in [6.07, 6.45) is 4.13. The van der Waals surface area contributed by atoms with Gasteiger partial charge in [0.2, 0.25) is 11.8 Å². The summed E-state index contributed by atoms with van der Waals surface area (Å²) in [6.45, 7) is 1.89. The number of rotatable bonds is 10. The number of ether oxygens (including phenoxy) is 2. The lowest BCUT2D eigenvalue weighted by atomic mass is 9.90. The van der Waals surface area contributed by atoms with Crippen molar-refractivity contribution in [2.45, 2.75) is 25.7 Å².